The molecule has 1 N–H and O–H groups in total. The van der Waals surface area contributed by atoms with Crippen LogP contribution in [0.5, 0.6) is 0 Å². The number of ether oxygens (including phenoxy) is 1. The van der Waals surface area contributed by atoms with Gasteiger partial charge in [0.05, 0.1) is 19.3 Å². The number of carbonyl (C=O) groups excluding carboxylic acids is 2. The van der Waals surface area contributed by atoms with E-state index >= 15 is 0 Å². The van der Waals surface area contributed by atoms with Gasteiger partial charge in [0.25, 0.3) is 10.1 Å². The molecule has 2 aliphatic heterocycles. The molecule has 2 aliphatic rings. The van der Waals surface area contributed by atoms with E-state index in [0.29, 0.717) is 25.7 Å². The molecule has 0 bridgehead atoms. The lowest BCUT2D eigenvalue weighted by molar-refractivity contribution is -0.141. The number of hydrogen-bond acceptors (Lipinski definition) is 6. The smallest absolute Gasteiger partial charge is 0.306 e. The summed E-state index contributed by atoms with van der Waals surface area (Å²) in [6.07, 6.45) is 3.27. The first kappa shape index (κ1) is 15.2. The summed E-state index contributed by atoms with van der Waals surface area (Å²) in [5.41, 5.74) is 0. The van der Waals surface area contributed by atoms with Crippen LogP contribution in [0.4, 0.5) is 0 Å². The molecule has 0 aromatic heterocycles. The molecule has 0 saturated carbocycles. The molecule has 0 aliphatic carbocycles. The minimum Gasteiger partial charge on any atom is -0.462 e. The van der Waals surface area contributed by atoms with Crippen molar-refractivity contribution in [3.05, 3.63) is 0 Å². The molecule has 0 aromatic carbocycles. The number of amides is 1. The van der Waals surface area contributed by atoms with Gasteiger partial charge in [-0.05, 0) is 19.3 Å². The second-order valence-corrected chi connectivity index (χ2v) is 6.92. The van der Waals surface area contributed by atoms with Crippen molar-refractivity contribution >= 4 is 22.0 Å². The summed E-state index contributed by atoms with van der Waals surface area (Å²) in [6.45, 7) is 0.0800. The summed E-state index contributed by atoms with van der Waals surface area (Å²) < 4.78 is 31.6. The van der Waals surface area contributed by atoms with E-state index in [1.54, 1.807) is 0 Å². The molecular weight excluding hydrogens is 286 g/mol. The number of rotatable bonds is 6. The van der Waals surface area contributed by atoms with E-state index < -0.39 is 10.1 Å². The molecule has 0 spiro atoms. The Labute approximate surface area is 118 Å². The number of esters is 1. The van der Waals surface area contributed by atoms with Gasteiger partial charge in [0.1, 0.15) is 6.10 Å². The second kappa shape index (κ2) is 6.09. The van der Waals surface area contributed by atoms with Crippen molar-refractivity contribution in [3.8, 4) is 0 Å². The van der Waals surface area contributed by atoms with Gasteiger partial charge < -0.3 is 10.1 Å². The normalized spacial score (nSPS) is 30.4. The Kier molecular flexibility index (Phi) is 4.64. The van der Waals surface area contributed by atoms with Crippen LogP contribution in [0.2, 0.25) is 0 Å². The van der Waals surface area contributed by atoms with E-state index in [1.165, 1.54) is 0 Å². The lowest BCUT2D eigenvalue weighted by atomic mass is 9.89. The summed E-state index contributed by atoms with van der Waals surface area (Å²) >= 11 is 0. The van der Waals surface area contributed by atoms with Crippen LogP contribution in [0.3, 0.4) is 0 Å². The highest BCUT2D eigenvalue weighted by Gasteiger charge is 2.41. The first-order valence-corrected chi connectivity index (χ1v) is 8.50. The molecule has 0 aromatic rings. The van der Waals surface area contributed by atoms with E-state index in [0.717, 1.165) is 12.7 Å². The minimum absolute atomic E-state index is 0.00788. The molecule has 114 valence electrons. The van der Waals surface area contributed by atoms with Gasteiger partial charge in [0.15, 0.2) is 0 Å². The van der Waals surface area contributed by atoms with Crippen molar-refractivity contribution in [1.82, 2.24) is 5.32 Å². The number of hydrogen-bond donors (Lipinski definition) is 1. The molecule has 2 saturated heterocycles. The van der Waals surface area contributed by atoms with Crippen LogP contribution in [0, 0.1) is 5.92 Å². The maximum atomic E-state index is 11.4. The van der Waals surface area contributed by atoms with E-state index in [2.05, 4.69) is 9.50 Å². The van der Waals surface area contributed by atoms with E-state index in [-0.39, 0.29) is 36.5 Å². The molecule has 3 atom stereocenters. The summed E-state index contributed by atoms with van der Waals surface area (Å²) in [5.74, 6) is -0.272. The first-order chi connectivity index (χ1) is 9.35. The summed E-state index contributed by atoms with van der Waals surface area (Å²) in [5, 5.41) is 2.86. The molecule has 8 heteroatoms. The van der Waals surface area contributed by atoms with Gasteiger partial charge in [-0.1, -0.05) is 0 Å². The first-order valence-electron chi connectivity index (χ1n) is 6.68. The van der Waals surface area contributed by atoms with Crippen LogP contribution in [-0.2, 0) is 28.6 Å². The zero-order chi connectivity index (χ0) is 14.8. The van der Waals surface area contributed by atoms with E-state index in [1.807, 2.05) is 0 Å². The van der Waals surface area contributed by atoms with Crippen molar-refractivity contribution in [2.75, 3.05) is 12.9 Å². The van der Waals surface area contributed by atoms with Gasteiger partial charge in [-0.15, -0.1) is 0 Å². The Morgan fingerprint density at radius 3 is 2.75 bits per heavy atom. The highest BCUT2D eigenvalue weighted by molar-refractivity contribution is 7.85. The third-order valence-corrected chi connectivity index (χ3v) is 4.23. The molecule has 2 heterocycles. The fraction of sp³-hybridized carbons (Fsp3) is 0.833. The lowest BCUT2D eigenvalue weighted by Gasteiger charge is -2.22. The number of nitrogens with one attached hydrogen (secondary N) is 1. The predicted molar refractivity (Wildman–Crippen MR) is 69.2 cm³/mol. The molecule has 1 amide bonds. The average molecular weight is 305 g/mol. The third-order valence-electron chi connectivity index (χ3n) is 3.64. The standard InChI is InChI=1S/C12H19NO6S/c1-20(16,17)18-6-2-3-10-8(7-12(15)19-10)9-4-5-11(14)13-9/h8-10H,2-7H2,1H3,(H,13,14)/t8-,9+,10-/m1/s1. The average Bonchev–Trinajstić information content (AvgIpc) is 2.90. The molecule has 7 nitrogen and oxygen atoms in total. The van der Waals surface area contributed by atoms with Gasteiger partial charge in [-0.25, -0.2) is 0 Å². The topological polar surface area (TPSA) is 98.8 Å². The Balaban J connectivity index is 1.82. The zero-order valence-corrected chi connectivity index (χ0v) is 12.1. The Morgan fingerprint density at radius 2 is 2.15 bits per heavy atom. The lowest BCUT2D eigenvalue weighted by Crippen LogP contribution is -2.37. The predicted octanol–water partition coefficient (Wildman–Crippen LogP) is -0.0469. The van der Waals surface area contributed by atoms with Crippen LogP contribution in [-0.4, -0.2) is 45.3 Å². The molecule has 0 unspecified atom stereocenters. The molecular formula is C12H19NO6S. The van der Waals surface area contributed by atoms with Crippen molar-refractivity contribution in [1.29, 1.82) is 0 Å². The fourth-order valence-electron chi connectivity index (χ4n) is 2.76. The Bertz CT molecular complexity index is 488. The molecule has 20 heavy (non-hydrogen) atoms. The minimum atomic E-state index is -3.43. The van der Waals surface area contributed by atoms with Gasteiger partial charge in [0, 0.05) is 18.4 Å². The highest BCUT2D eigenvalue weighted by atomic mass is 32.2. The van der Waals surface area contributed by atoms with Gasteiger partial charge in [0.2, 0.25) is 5.91 Å². The second-order valence-electron chi connectivity index (χ2n) is 5.28. The Hall–Kier alpha value is -1.15. The number of cyclic esters (lactones) is 1. The monoisotopic (exact) mass is 305 g/mol. The summed E-state index contributed by atoms with van der Waals surface area (Å²) in [6, 6.07) is -0.0187. The molecule has 2 fully saturated rings. The van der Waals surface area contributed by atoms with Crippen LogP contribution in [0.1, 0.15) is 32.1 Å². The summed E-state index contributed by atoms with van der Waals surface area (Å²) in [7, 11) is -3.43. The molecule has 2 rings (SSSR count). The van der Waals surface area contributed by atoms with Crippen molar-refractivity contribution in [2.45, 2.75) is 44.2 Å². The maximum Gasteiger partial charge on any atom is 0.306 e. The van der Waals surface area contributed by atoms with Crippen LogP contribution < -0.4 is 5.32 Å². The van der Waals surface area contributed by atoms with Crippen molar-refractivity contribution < 1.29 is 26.9 Å². The van der Waals surface area contributed by atoms with E-state index in [9.17, 15) is 18.0 Å². The zero-order valence-electron chi connectivity index (χ0n) is 11.3. The number of carbonyl (C=O) groups is 2. The van der Waals surface area contributed by atoms with E-state index in [4.69, 9.17) is 4.74 Å². The summed E-state index contributed by atoms with van der Waals surface area (Å²) in [4.78, 5) is 22.7. The van der Waals surface area contributed by atoms with Crippen LogP contribution >= 0.6 is 0 Å². The van der Waals surface area contributed by atoms with Gasteiger partial charge >= 0.3 is 5.97 Å². The largest absolute Gasteiger partial charge is 0.462 e. The fourth-order valence-corrected chi connectivity index (χ4v) is 3.18. The quantitative estimate of drug-likeness (QED) is 0.420. The van der Waals surface area contributed by atoms with Crippen molar-refractivity contribution in [3.63, 3.8) is 0 Å². The Morgan fingerprint density at radius 1 is 1.40 bits per heavy atom. The van der Waals surface area contributed by atoms with Gasteiger partial charge in [-0.3, -0.25) is 13.8 Å². The third kappa shape index (κ3) is 4.17. The van der Waals surface area contributed by atoms with Crippen molar-refractivity contribution in [2.24, 2.45) is 5.92 Å². The van der Waals surface area contributed by atoms with Gasteiger partial charge in [-0.2, -0.15) is 8.42 Å². The SMILES string of the molecule is CS(=O)(=O)OCCC[C@H]1OC(=O)C[C@@H]1[C@@H]1CCC(=O)N1. The highest BCUT2D eigenvalue weighted by Crippen LogP contribution is 2.32. The van der Waals surface area contributed by atoms with Crippen LogP contribution in [0.25, 0.3) is 0 Å². The molecule has 0 radical (unpaired) electrons. The maximum absolute atomic E-state index is 11.4. The van der Waals surface area contributed by atoms with Crippen LogP contribution in [0.15, 0.2) is 0 Å².